The Labute approximate surface area is 124 Å². The third-order valence-corrected chi connectivity index (χ3v) is 4.58. The van der Waals surface area contributed by atoms with Crippen molar-refractivity contribution in [3.63, 3.8) is 0 Å². The Hall–Kier alpha value is -0.270. The summed E-state index contributed by atoms with van der Waals surface area (Å²) in [6, 6.07) is 3.49. The van der Waals surface area contributed by atoms with Gasteiger partial charge in [0.15, 0.2) is 0 Å². The second kappa shape index (κ2) is 6.25. The number of hydrogen-bond donors (Lipinski definition) is 1. The number of sulfone groups is 1. The van der Waals surface area contributed by atoms with Gasteiger partial charge in [-0.2, -0.15) is 0 Å². The van der Waals surface area contributed by atoms with Crippen molar-refractivity contribution in [2.24, 2.45) is 0 Å². The summed E-state index contributed by atoms with van der Waals surface area (Å²) in [5, 5.41) is 3.14. The maximum Gasteiger partial charge on any atom is 0.149 e. The van der Waals surface area contributed by atoms with Gasteiger partial charge in [-0.3, -0.25) is 0 Å². The van der Waals surface area contributed by atoms with Gasteiger partial charge in [-0.25, -0.2) is 8.42 Å². The molecule has 1 atom stereocenters. The smallest absolute Gasteiger partial charge is 0.149 e. The number of hydrogen-bond acceptors (Lipinski definition) is 4. The van der Waals surface area contributed by atoms with Crippen molar-refractivity contribution >= 4 is 47.4 Å². The van der Waals surface area contributed by atoms with Crippen LogP contribution >= 0.6 is 31.9 Å². The summed E-state index contributed by atoms with van der Waals surface area (Å²) in [5.74, 6) is 0.768. The maximum atomic E-state index is 11.2. The fourth-order valence-electron chi connectivity index (χ4n) is 1.56. The quantitative estimate of drug-likeness (QED) is 0.825. The van der Waals surface area contributed by atoms with Gasteiger partial charge in [0.2, 0.25) is 0 Å². The Morgan fingerprint density at radius 2 is 1.94 bits per heavy atom. The first-order valence-electron chi connectivity index (χ1n) is 5.20. The number of ether oxygens (including phenoxy) is 1. The Morgan fingerprint density at radius 3 is 2.44 bits per heavy atom. The molecule has 1 unspecified atom stereocenters. The molecule has 7 heteroatoms. The molecule has 0 aliphatic rings. The first kappa shape index (κ1) is 15.8. The van der Waals surface area contributed by atoms with Gasteiger partial charge in [-0.15, -0.1) is 0 Å². The molecule has 0 spiro atoms. The van der Waals surface area contributed by atoms with Gasteiger partial charge in [-0.05, 0) is 44.8 Å². The van der Waals surface area contributed by atoms with Crippen molar-refractivity contribution in [1.82, 2.24) is 0 Å². The SMILES string of the molecule is COc1cc(NC(C)CS(C)(=O)=O)c(Br)cc1Br. The van der Waals surface area contributed by atoms with Gasteiger partial charge in [-0.1, -0.05) is 0 Å². The maximum absolute atomic E-state index is 11.2. The molecule has 0 saturated heterocycles. The minimum Gasteiger partial charge on any atom is -0.495 e. The van der Waals surface area contributed by atoms with Crippen molar-refractivity contribution < 1.29 is 13.2 Å². The summed E-state index contributed by atoms with van der Waals surface area (Å²) in [7, 11) is -1.42. The van der Waals surface area contributed by atoms with Crippen LogP contribution in [0.15, 0.2) is 21.1 Å². The van der Waals surface area contributed by atoms with Crippen LogP contribution in [0, 0.1) is 0 Å². The molecular formula is C11H15Br2NO3S. The average molecular weight is 401 g/mol. The second-order valence-corrected chi connectivity index (χ2v) is 8.00. The van der Waals surface area contributed by atoms with E-state index in [4.69, 9.17) is 4.74 Å². The van der Waals surface area contributed by atoms with Gasteiger partial charge in [0.05, 0.1) is 23.0 Å². The normalized spacial score (nSPS) is 13.2. The van der Waals surface area contributed by atoms with Gasteiger partial charge in [0, 0.05) is 22.8 Å². The molecule has 0 heterocycles. The van der Waals surface area contributed by atoms with Crippen molar-refractivity contribution in [1.29, 1.82) is 0 Å². The van der Waals surface area contributed by atoms with E-state index in [0.717, 1.165) is 14.6 Å². The molecule has 1 rings (SSSR count). The molecular weight excluding hydrogens is 386 g/mol. The van der Waals surface area contributed by atoms with E-state index in [0.29, 0.717) is 5.75 Å². The zero-order valence-corrected chi connectivity index (χ0v) is 14.3. The summed E-state index contributed by atoms with van der Waals surface area (Å²) in [6.07, 6.45) is 1.22. The topological polar surface area (TPSA) is 55.4 Å². The van der Waals surface area contributed by atoms with Crippen LogP contribution in [0.1, 0.15) is 6.92 Å². The van der Waals surface area contributed by atoms with Gasteiger partial charge >= 0.3 is 0 Å². The average Bonchev–Trinajstić information content (AvgIpc) is 2.19. The van der Waals surface area contributed by atoms with Crippen LogP contribution in [0.2, 0.25) is 0 Å². The van der Waals surface area contributed by atoms with Crippen LogP contribution in [0.4, 0.5) is 5.69 Å². The Bertz CT molecular complexity index is 531. The van der Waals surface area contributed by atoms with Crippen molar-refractivity contribution in [3.05, 3.63) is 21.1 Å². The highest BCUT2D eigenvalue weighted by atomic mass is 79.9. The first-order valence-corrected chi connectivity index (χ1v) is 8.85. The summed E-state index contributed by atoms with van der Waals surface area (Å²) < 4.78 is 29.3. The van der Waals surface area contributed by atoms with Crippen LogP contribution in [0.25, 0.3) is 0 Å². The second-order valence-electron chi connectivity index (χ2n) is 4.10. The molecule has 0 aliphatic carbocycles. The predicted octanol–water partition coefficient (Wildman–Crippen LogP) is 3.07. The van der Waals surface area contributed by atoms with E-state index in [9.17, 15) is 8.42 Å². The number of nitrogens with one attached hydrogen (secondary N) is 1. The Balaban J connectivity index is 2.91. The summed E-state index contributed by atoms with van der Waals surface area (Å²) in [4.78, 5) is 0. The molecule has 4 nitrogen and oxygen atoms in total. The van der Waals surface area contributed by atoms with Crippen LogP contribution in [-0.4, -0.2) is 33.6 Å². The van der Waals surface area contributed by atoms with E-state index < -0.39 is 9.84 Å². The Kier molecular flexibility index (Phi) is 5.48. The van der Waals surface area contributed by atoms with Gasteiger partial charge in [0.1, 0.15) is 15.6 Å². The van der Waals surface area contributed by atoms with E-state index in [2.05, 4.69) is 37.2 Å². The number of anilines is 1. The van der Waals surface area contributed by atoms with Crippen LogP contribution in [0.5, 0.6) is 5.75 Å². The zero-order chi connectivity index (χ0) is 13.9. The molecule has 1 aromatic carbocycles. The number of rotatable bonds is 5. The molecule has 0 amide bonds. The minimum atomic E-state index is -3.00. The molecule has 1 aromatic rings. The van der Waals surface area contributed by atoms with E-state index in [-0.39, 0.29) is 11.8 Å². The van der Waals surface area contributed by atoms with Crippen LogP contribution in [-0.2, 0) is 9.84 Å². The monoisotopic (exact) mass is 399 g/mol. The molecule has 0 fully saturated rings. The molecule has 0 bridgehead atoms. The fourth-order valence-corrected chi connectivity index (χ4v) is 3.82. The Morgan fingerprint density at radius 1 is 1.33 bits per heavy atom. The fraction of sp³-hybridized carbons (Fsp3) is 0.455. The molecule has 0 aliphatic heterocycles. The van der Waals surface area contributed by atoms with E-state index >= 15 is 0 Å². The first-order chi connectivity index (χ1) is 8.23. The van der Waals surface area contributed by atoms with E-state index in [1.807, 2.05) is 19.1 Å². The lowest BCUT2D eigenvalue weighted by Gasteiger charge is -2.17. The molecule has 1 N–H and O–H groups in total. The van der Waals surface area contributed by atoms with Gasteiger partial charge < -0.3 is 10.1 Å². The van der Waals surface area contributed by atoms with E-state index in [1.165, 1.54) is 6.26 Å². The van der Waals surface area contributed by atoms with Crippen molar-refractivity contribution in [2.75, 3.05) is 24.4 Å². The predicted molar refractivity (Wildman–Crippen MR) is 81.2 cm³/mol. The molecule has 0 saturated carbocycles. The lowest BCUT2D eigenvalue weighted by Crippen LogP contribution is -2.25. The molecule has 0 aromatic heterocycles. The summed E-state index contributed by atoms with van der Waals surface area (Å²) in [6.45, 7) is 1.82. The van der Waals surface area contributed by atoms with E-state index in [1.54, 1.807) is 7.11 Å². The summed E-state index contributed by atoms with van der Waals surface area (Å²) >= 11 is 6.80. The highest BCUT2D eigenvalue weighted by Crippen LogP contribution is 2.34. The standard InChI is InChI=1S/C11H15Br2NO3S/c1-7(6-18(3,15)16)14-10-5-11(17-2)9(13)4-8(10)12/h4-5,7,14H,6H2,1-3H3. The minimum absolute atomic E-state index is 0.0812. The van der Waals surface area contributed by atoms with Gasteiger partial charge in [0.25, 0.3) is 0 Å². The highest BCUT2D eigenvalue weighted by Gasteiger charge is 2.13. The highest BCUT2D eigenvalue weighted by molar-refractivity contribution is 9.11. The molecule has 0 radical (unpaired) electrons. The largest absolute Gasteiger partial charge is 0.495 e. The van der Waals surface area contributed by atoms with Crippen LogP contribution in [0.3, 0.4) is 0 Å². The number of benzene rings is 1. The number of methoxy groups -OCH3 is 1. The molecule has 102 valence electrons. The summed E-state index contributed by atoms with van der Waals surface area (Å²) in [5.41, 5.74) is 0.797. The lowest BCUT2D eigenvalue weighted by molar-refractivity contribution is 0.412. The molecule has 18 heavy (non-hydrogen) atoms. The number of halogens is 2. The van der Waals surface area contributed by atoms with Crippen molar-refractivity contribution in [3.8, 4) is 5.75 Å². The van der Waals surface area contributed by atoms with Crippen molar-refractivity contribution in [2.45, 2.75) is 13.0 Å². The third-order valence-electron chi connectivity index (χ3n) is 2.20. The zero-order valence-electron chi connectivity index (χ0n) is 10.3. The third kappa shape index (κ3) is 4.78. The lowest BCUT2D eigenvalue weighted by atomic mass is 10.2. The van der Waals surface area contributed by atoms with Crippen LogP contribution < -0.4 is 10.1 Å².